The summed E-state index contributed by atoms with van der Waals surface area (Å²) < 4.78 is 0. The third-order valence-electron chi connectivity index (χ3n) is 2.87. The van der Waals surface area contributed by atoms with Gasteiger partial charge in [-0.1, -0.05) is 12.1 Å². The topological polar surface area (TPSA) is 70.2 Å². The summed E-state index contributed by atoms with van der Waals surface area (Å²) in [6.45, 7) is 6.55. The average molecular weight is 263 g/mol. The zero-order valence-electron chi connectivity index (χ0n) is 11.7. The molecule has 104 valence electrons. The minimum absolute atomic E-state index is 0.0557. The van der Waals surface area contributed by atoms with Crippen molar-refractivity contribution in [3.63, 3.8) is 0 Å². The van der Waals surface area contributed by atoms with E-state index in [-0.39, 0.29) is 11.9 Å². The average Bonchev–Trinajstić information content (AvgIpc) is 2.34. The molecule has 0 aromatic heterocycles. The summed E-state index contributed by atoms with van der Waals surface area (Å²) in [6, 6.07) is 5.57. The number of carbonyl (C=O) groups excluding carboxylic acids is 2. The molecule has 3 amide bonds. The Bertz CT molecular complexity index is 458. The van der Waals surface area contributed by atoms with Gasteiger partial charge in [0.15, 0.2) is 0 Å². The van der Waals surface area contributed by atoms with Gasteiger partial charge >= 0.3 is 6.03 Å². The van der Waals surface area contributed by atoms with Crippen LogP contribution in [0.25, 0.3) is 0 Å². The molecule has 0 saturated carbocycles. The molecule has 0 radical (unpaired) electrons. The molecule has 3 N–H and O–H groups in total. The van der Waals surface area contributed by atoms with Gasteiger partial charge in [-0.05, 0) is 37.5 Å². The molecule has 0 aliphatic carbocycles. The van der Waals surface area contributed by atoms with E-state index in [1.165, 1.54) is 6.92 Å². The van der Waals surface area contributed by atoms with E-state index in [1.54, 1.807) is 0 Å². The van der Waals surface area contributed by atoms with E-state index in [0.717, 1.165) is 16.8 Å². The second-order valence-corrected chi connectivity index (χ2v) is 4.46. The predicted octanol–water partition coefficient (Wildman–Crippen LogP) is 1.95. The molecule has 5 nitrogen and oxygen atoms in total. The van der Waals surface area contributed by atoms with Crippen LogP contribution in [-0.4, -0.2) is 25.0 Å². The second kappa shape index (κ2) is 7.41. The van der Waals surface area contributed by atoms with Crippen LogP contribution in [0.5, 0.6) is 0 Å². The van der Waals surface area contributed by atoms with E-state index in [1.807, 2.05) is 32.0 Å². The van der Waals surface area contributed by atoms with Gasteiger partial charge in [0.25, 0.3) is 0 Å². The van der Waals surface area contributed by atoms with E-state index in [9.17, 15) is 9.59 Å². The molecule has 0 spiro atoms. The molecule has 0 bridgehead atoms. The van der Waals surface area contributed by atoms with Crippen LogP contribution in [0.2, 0.25) is 0 Å². The van der Waals surface area contributed by atoms with Crippen molar-refractivity contribution in [2.75, 3.05) is 18.4 Å². The van der Waals surface area contributed by atoms with Crippen LogP contribution in [0, 0.1) is 13.8 Å². The van der Waals surface area contributed by atoms with Crippen LogP contribution in [0.1, 0.15) is 24.5 Å². The Hall–Kier alpha value is -2.04. The standard InChI is InChI=1S/C14H21N3O2/c1-10-6-4-7-13(11(10)2)17-14(19)16-9-5-8-15-12(3)18/h4,6-7H,5,8-9H2,1-3H3,(H,15,18)(H2,16,17,19). The van der Waals surface area contributed by atoms with Gasteiger partial charge in [-0.15, -0.1) is 0 Å². The maximum Gasteiger partial charge on any atom is 0.319 e. The van der Waals surface area contributed by atoms with E-state index >= 15 is 0 Å². The largest absolute Gasteiger partial charge is 0.356 e. The lowest BCUT2D eigenvalue weighted by Crippen LogP contribution is -2.32. The van der Waals surface area contributed by atoms with Crippen LogP contribution in [0.3, 0.4) is 0 Å². The van der Waals surface area contributed by atoms with Gasteiger partial charge in [-0.2, -0.15) is 0 Å². The molecule has 1 rings (SSSR count). The highest BCUT2D eigenvalue weighted by Gasteiger charge is 2.04. The van der Waals surface area contributed by atoms with Crippen molar-refractivity contribution < 1.29 is 9.59 Å². The molecule has 0 aliphatic rings. The van der Waals surface area contributed by atoms with Gasteiger partial charge in [0.1, 0.15) is 0 Å². The molecule has 5 heteroatoms. The molecule has 0 fully saturated rings. The van der Waals surface area contributed by atoms with Crippen molar-refractivity contribution in [3.8, 4) is 0 Å². The Labute approximate surface area is 113 Å². The van der Waals surface area contributed by atoms with Crippen LogP contribution in [-0.2, 0) is 4.79 Å². The smallest absolute Gasteiger partial charge is 0.319 e. The summed E-state index contributed by atoms with van der Waals surface area (Å²) in [5, 5.41) is 8.24. The predicted molar refractivity (Wildman–Crippen MR) is 76.2 cm³/mol. The quantitative estimate of drug-likeness (QED) is 0.711. The van der Waals surface area contributed by atoms with Crippen molar-refractivity contribution in [2.45, 2.75) is 27.2 Å². The minimum atomic E-state index is -0.225. The fourth-order valence-corrected chi connectivity index (χ4v) is 1.61. The number of amides is 3. The van der Waals surface area contributed by atoms with Crippen molar-refractivity contribution in [1.29, 1.82) is 0 Å². The zero-order chi connectivity index (χ0) is 14.3. The molecule has 0 unspecified atom stereocenters. The summed E-state index contributed by atoms with van der Waals surface area (Å²) >= 11 is 0. The minimum Gasteiger partial charge on any atom is -0.356 e. The number of aryl methyl sites for hydroxylation is 1. The third kappa shape index (κ3) is 5.42. The van der Waals surface area contributed by atoms with Crippen LogP contribution < -0.4 is 16.0 Å². The molecule has 1 aromatic rings. The van der Waals surface area contributed by atoms with E-state index in [0.29, 0.717) is 19.5 Å². The molecule has 1 aromatic carbocycles. The maximum atomic E-state index is 11.7. The third-order valence-corrected chi connectivity index (χ3v) is 2.87. The van der Waals surface area contributed by atoms with E-state index in [2.05, 4.69) is 16.0 Å². The molecular weight excluding hydrogens is 242 g/mol. The zero-order valence-corrected chi connectivity index (χ0v) is 11.7. The monoisotopic (exact) mass is 263 g/mol. The SMILES string of the molecule is CC(=O)NCCCNC(=O)Nc1cccc(C)c1C. The number of carbonyl (C=O) groups is 2. The highest BCUT2D eigenvalue weighted by Crippen LogP contribution is 2.17. The fourth-order valence-electron chi connectivity index (χ4n) is 1.61. The number of anilines is 1. The van der Waals surface area contributed by atoms with Crippen molar-refractivity contribution >= 4 is 17.6 Å². The first-order chi connectivity index (χ1) is 9.00. The van der Waals surface area contributed by atoms with Crippen molar-refractivity contribution in [3.05, 3.63) is 29.3 Å². The number of nitrogens with one attached hydrogen (secondary N) is 3. The number of hydrogen-bond donors (Lipinski definition) is 3. The highest BCUT2D eigenvalue weighted by molar-refractivity contribution is 5.90. The summed E-state index contributed by atoms with van der Waals surface area (Å²) in [5.74, 6) is -0.0557. The fraction of sp³-hybridized carbons (Fsp3) is 0.429. The molecular formula is C14H21N3O2. The number of hydrogen-bond acceptors (Lipinski definition) is 2. The van der Waals surface area contributed by atoms with Crippen LogP contribution >= 0.6 is 0 Å². The molecule has 0 saturated heterocycles. The molecule has 0 aliphatic heterocycles. The highest BCUT2D eigenvalue weighted by atomic mass is 16.2. The van der Waals surface area contributed by atoms with Gasteiger partial charge in [0.2, 0.25) is 5.91 Å². The van der Waals surface area contributed by atoms with Gasteiger partial charge < -0.3 is 16.0 Å². The maximum absolute atomic E-state index is 11.7. The Kier molecular flexibility index (Phi) is 5.85. The first-order valence-corrected chi connectivity index (χ1v) is 6.36. The van der Waals surface area contributed by atoms with Gasteiger partial charge in [0.05, 0.1) is 0 Å². The molecule has 19 heavy (non-hydrogen) atoms. The normalized spacial score (nSPS) is 9.84. The van der Waals surface area contributed by atoms with Gasteiger partial charge in [-0.25, -0.2) is 4.79 Å². The van der Waals surface area contributed by atoms with Crippen molar-refractivity contribution in [1.82, 2.24) is 10.6 Å². The first-order valence-electron chi connectivity index (χ1n) is 6.36. The number of rotatable bonds is 5. The lowest BCUT2D eigenvalue weighted by molar-refractivity contribution is -0.118. The second-order valence-electron chi connectivity index (χ2n) is 4.46. The van der Waals surface area contributed by atoms with Crippen LogP contribution in [0.4, 0.5) is 10.5 Å². The first kappa shape index (κ1) is 15.0. The summed E-state index contributed by atoms with van der Waals surface area (Å²) in [6.07, 6.45) is 0.708. The summed E-state index contributed by atoms with van der Waals surface area (Å²) in [5.41, 5.74) is 3.03. The van der Waals surface area contributed by atoms with E-state index in [4.69, 9.17) is 0 Å². The summed E-state index contributed by atoms with van der Waals surface area (Å²) in [4.78, 5) is 22.3. The van der Waals surface area contributed by atoms with Crippen LogP contribution in [0.15, 0.2) is 18.2 Å². The lowest BCUT2D eigenvalue weighted by Gasteiger charge is -2.11. The van der Waals surface area contributed by atoms with Crippen molar-refractivity contribution in [2.24, 2.45) is 0 Å². The van der Waals surface area contributed by atoms with Gasteiger partial charge in [-0.3, -0.25) is 4.79 Å². The summed E-state index contributed by atoms with van der Waals surface area (Å²) in [7, 11) is 0. The Morgan fingerprint density at radius 1 is 1.11 bits per heavy atom. The Morgan fingerprint density at radius 2 is 1.79 bits per heavy atom. The molecule has 0 heterocycles. The number of urea groups is 1. The Balaban J connectivity index is 2.31. The Morgan fingerprint density at radius 3 is 2.47 bits per heavy atom. The van der Waals surface area contributed by atoms with E-state index < -0.39 is 0 Å². The molecule has 0 atom stereocenters. The number of benzene rings is 1. The lowest BCUT2D eigenvalue weighted by atomic mass is 10.1. The van der Waals surface area contributed by atoms with Gasteiger partial charge in [0, 0.05) is 25.7 Å².